The average molecular weight is 299 g/mol. The Morgan fingerprint density at radius 2 is 2.00 bits per heavy atom. The van der Waals surface area contributed by atoms with Crippen LogP contribution in [0.15, 0.2) is 35.1 Å². The van der Waals surface area contributed by atoms with Gasteiger partial charge in [-0.3, -0.25) is 4.79 Å². The van der Waals surface area contributed by atoms with Crippen LogP contribution < -0.4 is 5.73 Å². The number of rotatable bonds is 3. The van der Waals surface area contributed by atoms with E-state index in [4.69, 9.17) is 33.4 Å². The predicted octanol–water partition coefficient (Wildman–Crippen LogP) is 3.44. The number of benzene rings is 1. The first-order valence-electron chi connectivity index (χ1n) is 5.50. The Hall–Kier alpha value is -1.65. The molecule has 0 aliphatic carbocycles. The first-order chi connectivity index (χ1) is 8.99. The highest BCUT2D eigenvalue weighted by molar-refractivity contribution is 6.39. The van der Waals surface area contributed by atoms with E-state index in [2.05, 4.69) is 0 Å². The second kappa shape index (κ2) is 5.55. The van der Waals surface area contributed by atoms with Crippen molar-refractivity contribution in [2.75, 3.05) is 12.8 Å². The van der Waals surface area contributed by atoms with Gasteiger partial charge in [-0.05, 0) is 18.2 Å². The second-order valence-corrected chi connectivity index (χ2v) is 4.96. The fourth-order valence-electron chi connectivity index (χ4n) is 1.66. The summed E-state index contributed by atoms with van der Waals surface area (Å²) < 4.78 is 4.96. The van der Waals surface area contributed by atoms with E-state index in [0.29, 0.717) is 12.1 Å². The molecule has 0 aliphatic rings. The van der Waals surface area contributed by atoms with Crippen LogP contribution in [0.4, 0.5) is 5.69 Å². The van der Waals surface area contributed by atoms with Crippen molar-refractivity contribution in [3.63, 3.8) is 0 Å². The fraction of sp³-hybridized carbons (Fsp3) is 0.154. The van der Waals surface area contributed by atoms with Crippen molar-refractivity contribution in [2.45, 2.75) is 6.54 Å². The number of carbonyl (C=O) groups is 1. The molecule has 2 aromatic rings. The van der Waals surface area contributed by atoms with Crippen LogP contribution in [-0.4, -0.2) is 17.9 Å². The lowest BCUT2D eigenvalue weighted by atomic mass is 10.1. The van der Waals surface area contributed by atoms with Crippen molar-refractivity contribution in [2.24, 2.45) is 0 Å². The highest BCUT2D eigenvalue weighted by atomic mass is 35.5. The minimum Gasteiger partial charge on any atom is -0.472 e. The third-order valence-corrected chi connectivity index (χ3v) is 3.30. The standard InChI is InChI=1S/C13H12Cl2N2O2/c1-17(6-8-2-3-19-7-8)13(18)9-4-10(14)12(16)11(15)5-9/h2-5,7H,6,16H2,1H3. The zero-order valence-corrected chi connectivity index (χ0v) is 11.7. The molecule has 100 valence electrons. The number of carbonyl (C=O) groups excluding carboxylic acids is 1. The highest BCUT2D eigenvalue weighted by Gasteiger charge is 2.15. The van der Waals surface area contributed by atoms with E-state index < -0.39 is 0 Å². The first-order valence-corrected chi connectivity index (χ1v) is 6.25. The molecule has 0 radical (unpaired) electrons. The van der Waals surface area contributed by atoms with Crippen LogP contribution in [-0.2, 0) is 6.54 Å². The second-order valence-electron chi connectivity index (χ2n) is 4.15. The maximum absolute atomic E-state index is 12.2. The number of nitrogens with two attached hydrogens (primary N) is 1. The number of halogens is 2. The molecular weight excluding hydrogens is 287 g/mol. The van der Waals surface area contributed by atoms with Gasteiger partial charge in [0.05, 0.1) is 28.3 Å². The van der Waals surface area contributed by atoms with Crippen molar-refractivity contribution in [1.29, 1.82) is 0 Å². The minimum atomic E-state index is -0.190. The molecule has 0 aliphatic heterocycles. The molecule has 0 saturated heterocycles. The van der Waals surface area contributed by atoms with Crippen molar-refractivity contribution in [3.8, 4) is 0 Å². The molecular formula is C13H12Cl2N2O2. The Morgan fingerprint density at radius 3 is 2.53 bits per heavy atom. The number of anilines is 1. The van der Waals surface area contributed by atoms with Crippen molar-refractivity contribution < 1.29 is 9.21 Å². The van der Waals surface area contributed by atoms with Crippen LogP contribution >= 0.6 is 23.2 Å². The van der Waals surface area contributed by atoms with Crippen molar-refractivity contribution >= 4 is 34.8 Å². The molecule has 1 heterocycles. The lowest BCUT2D eigenvalue weighted by molar-refractivity contribution is 0.0785. The summed E-state index contributed by atoms with van der Waals surface area (Å²) in [4.78, 5) is 13.8. The summed E-state index contributed by atoms with van der Waals surface area (Å²) >= 11 is 11.8. The Morgan fingerprint density at radius 1 is 1.37 bits per heavy atom. The topological polar surface area (TPSA) is 59.5 Å². The summed E-state index contributed by atoms with van der Waals surface area (Å²) in [7, 11) is 1.69. The van der Waals surface area contributed by atoms with Gasteiger partial charge >= 0.3 is 0 Å². The van der Waals surface area contributed by atoms with Crippen LogP contribution in [0.3, 0.4) is 0 Å². The van der Waals surface area contributed by atoms with Crippen LogP contribution in [0.25, 0.3) is 0 Å². The van der Waals surface area contributed by atoms with Gasteiger partial charge in [-0.15, -0.1) is 0 Å². The molecule has 0 unspecified atom stereocenters. The van der Waals surface area contributed by atoms with E-state index in [-0.39, 0.29) is 21.6 Å². The monoisotopic (exact) mass is 298 g/mol. The molecule has 0 saturated carbocycles. The van der Waals surface area contributed by atoms with E-state index in [1.54, 1.807) is 30.5 Å². The van der Waals surface area contributed by atoms with Crippen LogP contribution in [0.5, 0.6) is 0 Å². The largest absolute Gasteiger partial charge is 0.472 e. The summed E-state index contributed by atoms with van der Waals surface area (Å²) in [5, 5.41) is 0.542. The Kier molecular flexibility index (Phi) is 4.02. The van der Waals surface area contributed by atoms with E-state index >= 15 is 0 Å². The minimum absolute atomic E-state index is 0.190. The van der Waals surface area contributed by atoms with E-state index in [1.165, 1.54) is 12.1 Å². The predicted molar refractivity (Wildman–Crippen MR) is 75.4 cm³/mol. The molecule has 6 heteroatoms. The Labute approximate surface area is 120 Å². The van der Waals surface area contributed by atoms with Gasteiger partial charge in [-0.1, -0.05) is 23.2 Å². The molecule has 0 spiro atoms. The van der Waals surface area contributed by atoms with E-state index in [1.807, 2.05) is 0 Å². The third-order valence-electron chi connectivity index (χ3n) is 2.67. The molecule has 2 rings (SSSR count). The lowest BCUT2D eigenvalue weighted by Gasteiger charge is -2.17. The number of hydrogen-bond donors (Lipinski definition) is 1. The number of amides is 1. The van der Waals surface area contributed by atoms with Crippen molar-refractivity contribution in [3.05, 3.63) is 51.9 Å². The van der Waals surface area contributed by atoms with Gasteiger partial charge in [0.25, 0.3) is 5.91 Å². The summed E-state index contributed by atoms with van der Waals surface area (Å²) in [6.45, 7) is 0.439. The summed E-state index contributed by atoms with van der Waals surface area (Å²) in [6.07, 6.45) is 3.15. The van der Waals surface area contributed by atoms with Gasteiger partial charge in [0.15, 0.2) is 0 Å². The highest BCUT2D eigenvalue weighted by Crippen LogP contribution is 2.29. The molecule has 1 aromatic carbocycles. The normalized spacial score (nSPS) is 10.5. The fourth-order valence-corrected chi connectivity index (χ4v) is 2.14. The first kappa shape index (κ1) is 13.8. The van der Waals surface area contributed by atoms with Gasteiger partial charge in [0.1, 0.15) is 0 Å². The van der Waals surface area contributed by atoms with Crippen molar-refractivity contribution in [1.82, 2.24) is 4.90 Å². The average Bonchev–Trinajstić information content (AvgIpc) is 2.87. The van der Waals surface area contributed by atoms with Crippen LogP contribution in [0.2, 0.25) is 10.0 Å². The molecule has 4 nitrogen and oxygen atoms in total. The maximum Gasteiger partial charge on any atom is 0.254 e. The zero-order chi connectivity index (χ0) is 14.0. The molecule has 1 aromatic heterocycles. The van der Waals surface area contributed by atoms with E-state index in [9.17, 15) is 4.79 Å². The molecule has 19 heavy (non-hydrogen) atoms. The summed E-state index contributed by atoms with van der Waals surface area (Å²) in [5.74, 6) is -0.190. The quantitative estimate of drug-likeness (QED) is 0.883. The third kappa shape index (κ3) is 3.03. The van der Waals surface area contributed by atoms with Gasteiger partial charge in [-0.2, -0.15) is 0 Å². The Balaban J connectivity index is 2.19. The van der Waals surface area contributed by atoms with E-state index in [0.717, 1.165) is 5.56 Å². The van der Waals surface area contributed by atoms with Gasteiger partial charge in [0.2, 0.25) is 0 Å². The number of nitrogens with zero attached hydrogens (tertiary/aromatic N) is 1. The number of hydrogen-bond acceptors (Lipinski definition) is 3. The van der Waals surface area contributed by atoms with Gasteiger partial charge < -0.3 is 15.1 Å². The number of nitrogen functional groups attached to an aromatic ring is 1. The number of furan rings is 1. The SMILES string of the molecule is CN(Cc1ccoc1)C(=O)c1cc(Cl)c(N)c(Cl)c1. The van der Waals surface area contributed by atoms with Crippen LogP contribution in [0, 0.1) is 0 Å². The molecule has 0 atom stereocenters. The molecule has 0 bridgehead atoms. The summed E-state index contributed by atoms with van der Waals surface area (Å²) in [5.41, 5.74) is 7.22. The molecule has 2 N–H and O–H groups in total. The van der Waals surface area contributed by atoms with Gasteiger partial charge in [0, 0.05) is 24.7 Å². The van der Waals surface area contributed by atoms with Gasteiger partial charge in [-0.25, -0.2) is 0 Å². The lowest BCUT2D eigenvalue weighted by Crippen LogP contribution is -2.26. The molecule has 1 amide bonds. The summed E-state index contributed by atoms with van der Waals surface area (Å²) in [6, 6.07) is 4.82. The maximum atomic E-state index is 12.2. The molecule has 0 fully saturated rings. The zero-order valence-electron chi connectivity index (χ0n) is 10.2. The van der Waals surface area contributed by atoms with Crippen LogP contribution in [0.1, 0.15) is 15.9 Å². The Bertz CT molecular complexity index is 574. The smallest absolute Gasteiger partial charge is 0.254 e.